The average Bonchev–Trinajstić information content (AvgIpc) is 2.14. The molecule has 0 aromatic carbocycles. The van der Waals surface area contributed by atoms with Gasteiger partial charge in [-0.3, -0.25) is 4.79 Å². The molecule has 0 aromatic rings. The van der Waals surface area contributed by atoms with Crippen LogP contribution in [0.2, 0.25) is 0 Å². The molecule has 1 unspecified atom stereocenters. The first kappa shape index (κ1) is 16.4. The van der Waals surface area contributed by atoms with Gasteiger partial charge in [0.1, 0.15) is 5.75 Å². The molecule has 0 heterocycles. The van der Waals surface area contributed by atoms with Crippen LogP contribution in [-0.2, 0) is 14.6 Å². The lowest BCUT2D eigenvalue weighted by Gasteiger charge is -2.24. The third kappa shape index (κ3) is 7.33. The molecule has 6 heteroatoms. The fraction of sp³-hybridized carbons (Fsp3) is 0.909. The second kappa shape index (κ2) is 6.35. The molecular weight excluding hydrogens is 240 g/mol. The van der Waals surface area contributed by atoms with Gasteiger partial charge >= 0.3 is 0 Å². The average molecular weight is 264 g/mol. The lowest BCUT2D eigenvalue weighted by Crippen LogP contribution is -2.46. The van der Waals surface area contributed by atoms with Crippen LogP contribution in [0.3, 0.4) is 0 Å². The van der Waals surface area contributed by atoms with Gasteiger partial charge < -0.3 is 11.1 Å². The van der Waals surface area contributed by atoms with Gasteiger partial charge in [0.05, 0.1) is 5.75 Å². The van der Waals surface area contributed by atoms with E-state index >= 15 is 0 Å². The smallest absolute Gasteiger partial charge is 0.235 e. The minimum atomic E-state index is -3.41. The maximum atomic E-state index is 11.6. The van der Waals surface area contributed by atoms with E-state index in [0.717, 1.165) is 6.42 Å². The van der Waals surface area contributed by atoms with E-state index in [1.807, 2.05) is 27.7 Å². The van der Waals surface area contributed by atoms with E-state index in [2.05, 4.69) is 5.32 Å². The number of amides is 1. The van der Waals surface area contributed by atoms with Gasteiger partial charge in [-0.05, 0) is 26.7 Å². The molecule has 1 atom stereocenters. The number of hydrogen-bond donors (Lipinski definition) is 2. The van der Waals surface area contributed by atoms with Crippen molar-refractivity contribution in [2.75, 3.05) is 11.5 Å². The van der Waals surface area contributed by atoms with Crippen molar-refractivity contribution in [3.63, 3.8) is 0 Å². The normalized spacial score (nSPS) is 14.4. The molecule has 0 rings (SSSR count). The third-order valence-electron chi connectivity index (χ3n) is 2.71. The molecule has 102 valence electrons. The highest BCUT2D eigenvalue weighted by Gasteiger charge is 2.23. The number of carbonyl (C=O) groups excluding carboxylic acids is 1. The van der Waals surface area contributed by atoms with Gasteiger partial charge in [-0.1, -0.05) is 13.8 Å². The van der Waals surface area contributed by atoms with Crippen molar-refractivity contribution in [3.8, 4) is 0 Å². The Morgan fingerprint density at radius 1 is 1.35 bits per heavy atom. The van der Waals surface area contributed by atoms with E-state index in [1.54, 1.807) is 0 Å². The Morgan fingerprint density at radius 2 is 1.88 bits per heavy atom. The van der Waals surface area contributed by atoms with E-state index in [0.29, 0.717) is 6.42 Å². The van der Waals surface area contributed by atoms with Gasteiger partial charge in [0.2, 0.25) is 5.91 Å². The molecule has 0 aromatic heterocycles. The maximum Gasteiger partial charge on any atom is 0.235 e. The number of nitrogens with one attached hydrogen (secondary N) is 1. The van der Waals surface area contributed by atoms with Crippen LogP contribution in [0.5, 0.6) is 0 Å². The molecular formula is C11H24N2O3S. The molecule has 0 fully saturated rings. The Balaban J connectivity index is 4.39. The van der Waals surface area contributed by atoms with Crippen molar-refractivity contribution in [2.45, 2.75) is 52.1 Å². The lowest BCUT2D eigenvalue weighted by molar-refractivity contribution is -0.120. The third-order valence-corrected chi connectivity index (χ3v) is 4.34. The van der Waals surface area contributed by atoms with Crippen LogP contribution < -0.4 is 11.1 Å². The highest BCUT2D eigenvalue weighted by atomic mass is 32.2. The van der Waals surface area contributed by atoms with Gasteiger partial charge in [0, 0.05) is 11.6 Å². The molecule has 0 radical (unpaired) electrons. The number of nitrogens with two attached hydrogens (primary N) is 1. The summed E-state index contributed by atoms with van der Waals surface area (Å²) in [4.78, 5) is 11.6. The van der Waals surface area contributed by atoms with Crippen molar-refractivity contribution in [2.24, 2.45) is 5.73 Å². The van der Waals surface area contributed by atoms with Crippen molar-refractivity contribution in [3.05, 3.63) is 0 Å². The molecule has 0 spiro atoms. The van der Waals surface area contributed by atoms with Gasteiger partial charge in [0.15, 0.2) is 9.84 Å². The largest absolute Gasteiger partial charge is 0.350 e. The highest BCUT2D eigenvalue weighted by Crippen LogP contribution is 2.07. The zero-order valence-electron chi connectivity index (χ0n) is 11.1. The van der Waals surface area contributed by atoms with Gasteiger partial charge in [0.25, 0.3) is 0 Å². The van der Waals surface area contributed by atoms with E-state index < -0.39 is 27.5 Å². The summed E-state index contributed by atoms with van der Waals surface area (Å²) in [6.45, 7) is 7.47. The molecule has 3 N–H and O–H groups in total. The van der Waals surface area contributed by atoms with Crippen molar-refractivity contribution in [1.82, 2.24) is 5.32 Å². The van der Waals surface area contributed by atoms with Crippen LogP contribution in [0.1, 0.15) is 40.5 Å². The monoisotopic (exact) mass is 264 g/mol. The molecule has 0 saturated heterocycles. The zero-order valence-corrected chi connectivity index (χ0v) is 11.9. The lowest BCUT2D eigenvalue weighted by atomic mass is 10.0. The molecule has 0 aliphatic heterocycles. The summed E-state index contributed by atoms with van der Waals surface area (Å²) < 4.78 is 23.3. The van der Waals surface area contributed by atoms with Crippen LogP contribution in [0, 0.1) is 0 Å². The predicted molar refractivity (Wildman–Crippen MR) is 69.4 cm³/mol. The van der Waals surface area contributed by atoms with Crippen LogP contribution in [0.4, 0.5) is 0 Å². The second-order valence-electron chi connectivity index (χ2n) is 5.01. The number of carbonyl (C=O) groups is 1. The maximum absolute atomic E-state index is 11.6. The minimum Gasteiger partial charge on any atom is -0.350 e. The summed E-state index contributed by atoms with van der Waals surface area (Å²) in [5.41, 5.74) is 5.20. The van der Waals surface area contributed by atoms with Crippen LogP contribution in [-0.4, -0.2) is 37.4 Å². The quantitative estimate of drug-likeness (QED) is 0.698. The fourth-order valence-electron chi connectivity index (χ4n) is 1.20. The van der Waals surface area contributed by atoms with Crippen molar-refractivity contribution >= 4 is 15.7 Å². The summed E-state index contributed by atoms with van der Waals surface area (Å²) in [6, 6.07) is -0.396. The SMILES string of the molecule is CCC(N)CS(=O)(=O)CC(=O)NC(C)(C)CC. The first-order chi connectivity index (χ1) is 7.62. The molecule has 0 aliphatic rings. The topological polar surface area (TPSA) is 89.3 Å². The molecule has 0 aliphatic carbocycles. The van der Waals surface area contributed by atoms with E-state index in [4.69, 9.17) is 5.73 Å². The van der Waals surface area contributed by atoms with Crippen molar-refractivity contribution < 1.29 is 13.2 Å². The van der Waals surface area contributed by atoms with E-state index in [1.165, 1.54) is 0 Å². The summed E-state index contributed by atoms with van der Waals surface area (Å²) in [6.07, 6.45) is 1.33. The van der Waals surface area contributed by atoms with Crippen molar-refractivity contribution in [1.29, 1.82) is 0 Å². The molecule has 0 bridgehead atoms. The molecule has 17 heavy (non-hydrogen) atoms. The molecule has 1 amide bonds. The van der Waals surface area contributed by atoms with Gasteiger partial charge in [-0.15, -0.1) is 0 Å². The Morgan fingerprint density at radius 3 is 2.29 bits per heavy atom. The second-order valence-corrected chi connectivity index (χ2v) is 7.12. The number of rotatable bonds is 7. The van der Waals surface area contributed by atoms with Crippen LogP contribution >= 0.6 is 0 Å². The van der Waals surface area contributed by atoms with Gasteiger partial charge in [-0.2, -0.15) is 0 Å². The van der Waals surface area contributed by atoms with E-state index in [9.17, 15) is 13.2 Å². The predicted octanol–water partition coefficient (Wildman–Crippen LogP) is 0.443. The summed E-state index contributed by atoms with van der Waals surface area (Å²) >= 11 is 0. The van der Waals surface area contributed by atoms with Gasteiger partial charge in [-0.25, -0.2) is 8.42 Å². The summed E-state index contributed by atoms with van der Waals surface area (Å²) in [7, 11) is -3.41. The minimum absolute atomic E-state index is 0.135. The standard InChI is InChI=1S/C11H24N2O3S/c1-5-9(12)7-17(15,16)8-10(14)13-11(3,4)6-2/h9H,5-8,12H2,1-4H3,(H,13,14). The van der Waals surface area contributed by atoms with E-state index in [-0.39, 0.29) is 11.3 Å². The Labute approximate surface area is 104 Å². The zero-order chi connectivity index (χ0) is 13.7. The summed E-state index contributed by atoms with van der Waals surface area (Å²) in [5, 5.41) is 2.69. The first-order valence-corrected chi connectivity index (χ1v) is 7.71. The summed E-state index contributed by atoms with van der Waals surface area (Å²) in [5.74, 6) is -1.08. The Hall–Kier alpha value is -0.620. The number of sulfone groups is 1. The number of hydrogen-bond acceptors (Lipinski definition) is 4. The Bertz CT molecular complexity index is 350. The Kier molecular flexibility index (Phi) is 6.12. The van der Waals surface area contributed by atoms with Crippen LogP contribution in [0.25, 0.3) is 0 Å². The molecule has 0 saturated carbocycles. The molecule has 5 nitrogen and oxygen atoms in total. The van der Waals surface area contributed by atoms with Crippen LogP contribution in [0.15, 0.2) is 0 Å². The fourth-order valence-corrected chi connectivity index (χ4v) is 2.68. The highest BCUT2D eigenvalue weighted by molar-refractivity contribution is 7.92. The first-order valence-electron chi connectivity index (χ1n) is 5.89.